The summed E-state index contributed by atoms with van der Waals surface area (Å²) >= 11 is 0. The molecule has 0 saturated carbocycles. The largest absolute Gasteiger partial charge is 0.494 e. The fourth-order valence-electron chi connectivity index (χ4n) is 2.16. The van der Waals surface area contributed by atoms with Crippen LogP contribution in [-0.4, -0.2) is 12.5 Å². The van der Waals surface area contributed by atoms with E-state index < -0.39 is 0 Å². The average Bonchev–Trinajstić information content (AvgIpc) is 2.56. The van der Waals surface area contributed by atoms with Gasteiger partial charge in [-0.15, -0.1) is 0 Å². The van der Waals surface area contributed by atoms with Gasteiger partial charge in [-0.2, -0.15) is 0 Å². The lowest BCUT2D eigenvalue weighted by Crippen LogP contribution is -2.24. The number of nitrogen functional groups attached to an aromatic ring is 1. The molecule has 3 N–H and O–H groups in total. The summed E-state index contributed by atoms with van der Waals surface area (Å²) in [6, 6.07) is 15.2. The molecule has 2 aromatic rings. The molecule has 1 amide bonds. The van der Waals surface area contributed by atoms with Crippen molar-refractivity contribution in [1.82, 2.24) is 5.32 Å². The van der Waals surface area contributed by atoms with E-state index in [-0.39, 0.29) is 5.91 Å². The van der Waals surface area contributed by atoms with Crippen LogP contribution >= 0.6 is 0 Å². The number of nitrogens with two attached hydrogens (primary N) is 1. The van der Waals surface area contributed by atoms with Gasteiger partial charge in [0.25, 0.3) is 0 Å². The highest BCUT2D eigenvalue weighted by molar-refractivity contribution is 5.78. The monoisotopic (exact) mass is 312 g/mol. The lowest BCUT2D eigenvalue weighted by atomic mass is 10.1. The number of carbonyl (C=O) groups excluding carboxylic acids is 1. The Labute approximate surface area is 137 Å². The van der Waals surface area contributed by atoms with Gasteiger partial charge < -0.3 is 15.8 Å². The second-order valence-electron chi connectivity index (χ2n) is 5.54. The Bertz CT molecular complexity index is 624. The van der Waals surface area contributed by atoms with Gasteiger partial charge in [-0.1, -0.05) is 37.6 Å². The van der Waals surface area contributed by atoms with Crippen molar-refractivity contribution in [2.75, 3.05) is 12.3 Å². The van der Waals surface area contributed by atoms with E-state index in [0.717, 1.165) is 36.3 Å². The first kappa shape index (κ1) is 16.9. The van der Waals surface area contributed by atoms with Crippen LogP contribution < -0.4 is 15.8 Å². The standard InChI is InChI=1S/C19H24N2O2/c1-2-3-11-23-18-6-4-5-16(12-18)14-21-19(22)13-15-7-9-17(20)10-8-15/h4-10,12H,2-3,11,13-14,20H2,1H3,(H,21,22). The molecule has 0 radical (unpaired) electrons. The van der Waals surface area contributed by atoms with Gasteiger partial charge in [0.05, 0.1) is 13.0 Å². The van der Waals surface area contributed by atoms with Gasteiger partial charge in [-0.25, -0.2) is 0 Å². The molecule has 0 bridgehead atoms. The van der Waals surface area contributed by atoms with Crippen molar-refractivity contribution in [2.24, 2.45) is 0 Å². The van der Waals surface area contributed by atoms with Gasteiger partial charge in [0, 0.05) is 12.2 Å². The summed E-state index contributed by atoms with van der Waals surface area (Å²) in [7, 11) is 0. The van der Waals surface area contributed by atoms with E-state index in [4.69, 9.17) is 10.5 Å². The SMILES string of the molecule is CCCCOc1cccc(CNC(=O)Cc2ccc(N)cc2)c1. The Morgan fingerprint density at radius 2 is 1.91 bits per heavy atom. The Balaban J connectivity index is 1.81. The number of unbranched alkanes of at least 4 members (excludes halogenated alkanes) is 1. The minimum Gasteiger partial charge on any atom is -0.494 e. The smallest absolute Gasteiger partial charge is 0.224 e. The lowest BCUT2D eigenvalue weighted by Gasteiger charge is -2.09. The number of hydrogen-bond acceptors (Lipinski definition) is 3. The number of ether oxygens (including phenoxy) is 1. The van der Waals surface area contributed by atoms with E-state index >= 15 is 0 Å². The number of carbonyl (C=O) groups is 1. The zero-order valence-electron chi connectivity index (χ0n) is 13.5. The lowest BCUT2D eigenvalue weighted by molar-refractivity contribution is -0.120. The molecule has 0 aliphatic rings. The van der Waals surface area contributed by atoms with Crippen LogP contribution in [0.15, 0.2) is 48.5 Å². The second-order valence-corrected chi connectivity index (χ2v) is 5.54. The van der Waals surface area contributed by atoms with Gasteiger partial charge >= 0.3 is 0 Å². The fourth-order valence-corrected chi connectivity index (χ4v) is 2.16. The molecule has 0 aliphatic carbocycles. The van der Waals surface area contributed by atoms with Crippen molar-refractivity contribution in [1.29, 1.82) is 0 Å². The van der Waals surface area contributed by atoms with E-state index in [1.165, 1.54) is 0 Å². The van der Waals surface area contributed by atoms with Crippen LogP contribution in [0, 0.1) is 0 Å². The molecule has 2 aromatic carbocycles. The number of nitrogens with one attached hydrogen (secondary N) is 1. The molecule has 0 aromatic heterocycles. The van der Waals surface area contributed by atoms with Crippen LogP contribution in [0.5, 0.6) is 5.75 Å². The first-order valence-corrected chi connectivity index (χ1v) is 8.00. The molecule has 23 heavy (non-hydrogen) atoms. The van der Waals surface area contributed by atoms with E-state index in [1.54, 1.807) is 12.1 Å². The predicted octanol–water partition coefficient (Wildman–Crippen LogP) is 3.31. The molecule has 0 aliphatic heterocycles. The van der Waals surface area contributed by atoms with E-state index in [9.17, 15) is 4.79 Å². The summed E-state index contributed by atoms with van der Waals surface area (Å²) in [4.78, 5) is 12.0. The van der Waals surface area contributed by atoms with E-state index in [1.807, 2.05) is 36.4 Å². The number of benzene rings is 2. The summed E-state index contributed by atoms with van der Waals surface area (Å²) in [6.07, 6.45) is 2.51. The van der Waals surface area contributed by atoms with Crippen molar-refractivity contribution in [3.05, 3.63) is 59.7 Å². The topological polar surface area (TPSA) is 64.3 Å². The zero-order chi connectivity index (χ0) is 16.5. The quantitative estimate of drug-likeness (QED) is 0.580. The molecule has 122 valence electrons. The van der Waals surface area contributed by atoms with Gasteiger partial charge in [0.2, 0.25) is 5.91 Å². The maximum atomic E-state index is 12.0. The maximum Gasteiger partial charge on any atom is 0.224 e. The third-order valence-electron chi connectivity index (χ3n) is 3.50. The first-order chi connectivity index (χ1) is 11.2. The summed E-state index contributed by atoms with van der Waals surface area (Å²) < 4.78 is 5.68. The average molecular weight is 312 g/mol. The third-order valence-corrected chi connectivity index (χ3v) is 3.50. The molecule has 4 nitrogen and oxygen atoms in total. The zero-order valence-corrected chi connectivity index (χ0v) is 13.5. The van der Waals surface area contributed by atoms with Crippen LogP contribution in [-0.2, 0) is 17.8 Å². The molecule has 0 saturated heterocycles. The van der Waals surface area contributed by atoms with Gasteiger partial charge in [-0.3, -0.25) is 4.79 Å². The van der Waals surface area contributed by atoms with Crippen molar-refractivity contribution in [3.63, 3.8) is 0 Å². The Morgan fingerprint density at radius 1 is 1.13 bits per heavy atom. The van der Waals surface area contributed by atoms with Crippen molar-refractivity contribution in [2.45, 2.75) is 32.7 Å². The second kappa shape index (κ2) is 8.83. The molecule has 0 fully saturated rings. The molecular formula is C19H24N2O2. The van der Waals surface area contributed by atoms with Crippen LogP contribution in [0.4, 0.5) is 5.69 Å². The van der Waals surface area contributed by atoms with E-state index in [2.05, 4.69) is 12.2 Å². The molecule has 0 heterocycles. The van der Waals surface area contributed by atoms with E-state index in [0.29, 0.717) is 18.7 Å². The molecular weight excluding hydrogens is 288 g/mol. The number of anilines is 1. The third kappa shape index (κ3) is 6.02. The number of amides is 1. The molecule has 0 spiro atoms. The molecule has 2 rings (SSSR count). The van der Waals surface area contributed by atoms with Crippen molar-refractivity contribution >= 4 is 11.6 Å². The Hall–Kier alpha value is -2.49. The maximum absolute atomic E-state index is 12.0. The predicted molar refractivity (Wildman–Crippen MR) is 93.3 cm³/mol. The van der Waals surface area contributed by atoms with Gasteiger partial charge in [0.1, 0.15) is 5.75 Å². The Kier molecular flexibility index (Phi) is 6.48. The van der Waals surface area contributed by atoms with Crippen LogP contribution in [0.2, 0.25) is 0 Å². The Morgan fingerprint density at radius 3 is 2.65 bits per heavy atom. The molecule has 4 heteroatoms. The van der Waals surface area contributed by atoms with Crippen LogP contribution in [0.3, 0.4) is 0 Å². The summed E-state index contributed by atoms with van der Waals surface area (Å²) in [5.74, 6) is 0.843. The van der Waals surface area contributed by atoms with Gasteiger partial charge in [0.15, 0.2) is 0 Å². The molecule has 0 unspecified atom stereocenters. The minimum atomic E-state index is -0.00734. The molecule has 0 atom stereocenters. The summed E-state index contributed by atoms with van der Waals surface area (Å²) in [5, 5.41) is 2.93. The number of rotatable bonds is 8. The highest BCUT2D eigenvalue weighted by Crippen LogP contribution is 2.14. The summed E-state index contributed by atoms with van der Waals surface area (Å²) in [6.45, 7) is 3.36. The van der Waals surface area contributed by atoms with Crippen LogP contribution in [0.1, 0.15) is 30.9 Å². The number of hydrogen-bond donors (Lipinski definition) is 2. The first-order valence-electron chi connectivity index (χ1n) is 8.00. The highest BCUT2D eigenvalue weighted by atomic mass is 16.5. The minimum absolute atomic E-state index is 0.00734. The summed E-state index contributed by atoms with van der Waals surface area (Å²) in [5.41, 5.74) is 8.32. The van der Waals surface area contributed by atoms with Gasteiger partial charge in [-0.05, 0) is 41.8 Å². The normalized spacial score (nSPS) is 10.3. The van der Waals surface area contributed by atoms with Crippen molar-refractivity contribution < 1.29 is 9.53 Å². The van der Waals surface area contributed by atoms with Crippen molar-refractivity contribution in [3.8, 4) is 5.75 Å². The highest BCUT2D eigenvalue weighted by Gasteiger charge is 2.04. The van der Waals surface area contributed by atoms with Crippen LogP contribution in [0.25, 0.3) is 0 Å². The fraction of sp³-hybridized carbons (Fsp3) is 0.316.